The Morgan fingerprint density at radius 1 is 1.33 bits per heavy atom. The van der Waals surface area contributed by atoms with Crippen molar-refractivity contribution in [2.24, 2.45) is 4.99 Å². The average Bonchev–Trinajstić information content (AvgIpc) is 3.03. The van der Waals surface area contributed by atoms with Gasteiger partial charge in [0.25, 0.3) is 0 Å². The Hall–Kier alpha value is -1.64. The molecule has 0 aliphatic carbocycles. The minimum absolute atomic E-state index is 0. The molecule has 1 heterocycles. The molecule has 0 atom stereocenters. The maximum absolute atomic E-state index is 13.1. The summed E-state index contributed by atoms with van der Waals surface area (Å²) in [4.78, 5) is 4.56. The van der Waals surface area contributed by atoms with Gasteiger partial charge >= 0.3 is 0 Å². The van der Waals surface area contributed by atoms with E-state index in [4.69, 9.17) is 0 Å². The van der Waals surface area contributed by atoms with E-state index in [0.717, 1.165) is 43.1 Å². The minimum Gasteiger partial charge on any atom is -0.357 e. The molecule has 132 valence electrons. The summed E-state index contributed by atoms with van der Waals surface area (Å²) in [6, 6.07) is 6.80. The fourth-order valence-electron chi connectivity index (χ4n) is 2.29. The SMILES string of the molecule is CCNC(=NCCc1ccc(F)cc1C)NCCn1cccn1.I. The van der Waals surface area contributed by atoms with Crippen molar-refractivity contribution in [1.29, 1.82) is 0 Å². The van der Waals surface area contributed by atoms with Crippen molar-refractivity contribution in [3.63, 3.8) is 0 Å². The molecule has 0 amide bonds. The maximum atomic E-state index is 13.1. The number of aliphatic imine (C=N–C) groups is 1. The Balaban J connectivity index is 0.00000288. The van der Waals surface area contributed by atoms with Gasteiger partial charge < -0.3 is 10.6 Å². The molecule has 1 aromatic heterocycles. The first kappa shape index (κ1) is 20.4. The fraction of sp³-hybridized carbons (Fsp3) is 0.412. The molecule has 5 nitrogen and oxygen atoms in total. The molecule has 7 heteroatoms. The van der Waals surface area contributed by atoms with Crippen LogP contribution in [0.5, 0.6) is 0 Å². The summed E-state index contributed by atoms with van der Waals surface area (Å²) in [5, 5.41) is 10.7. The number of hydrogen-bond donors (Lipinski definition) is 2. The van der Waals surface area contributed by atoms with Gasteiger partial charge in [0, 0.05) is 32.0 Å². The highest BCUT2D eigenvalue weighted by Gasteiger charge is 2.01. The lowest BCUT2D eigenvalue weighted by Gasteiger charge is -2.11. The van der Waals surface area contributed by atoms with Crippen LogP contribution in [0.25, 0.3) is 0 Å². The number of aryl methyl sites for hydroxylation is 1. The standard InChI is InChI=1S/C17H24FN5.HI/c1-3-19-17(21-10-12-23-11-4-8-22-23)20-9-7-15-5-6-16(18)13-14(15)2;/h4-6,8,11,13H,3,7,9-10,12H2,1-2H3,(H2,19,20,21);1H. The second-order valence-corrected chi connectivity index (χ2v) is 5.28. The first-order chi connectivity index (χ1) is 11.2. The zero-order chi connectivity index (χ0) is 16.5. The van der Waals surface area contributed by atoms with E-state index in [1.54, 1.807) is 12.3 Å². The van der Waals surface area contributed by atoms with Crippen molar-refractivity contribution < 1.29 is 4.39 Å². The van der Waals surface area contributed by atoms with Crippen LogP contribution in [0, 0.1) is 12.7 Å². The summed E-state index contributed by atoms with van der Waals surface area (Å²) in [6.45, 7) is 6.97. The van der Waals surface area contributed by atoms with Crippen molar-refractivity contribution in [1.82, 2.24) is 20.4 Å². The van der Waals surface area contributed by atoms with Gasteiger partial charge in [-0.25, -0.2) is 4.39 Å². The molecule has 0 saturated carbocycles. The molecule has 2 rings (SSSR count). The second-order valence-electron chi connectivity index (χ2n) is 5.28. The van der Waals surface area contributed by atoms with Crippen molar-refractivity contribution in [3.05, 3.63) is 53.6 Å². The highest BCUT2D eigenvalue weighted by atomic mass is 127. The number of guanidine groups is 1. The monoisotopic (exact) mass is 445 g/mol. The first-order valence-electron chi connectivity index (χ1n) is 7.93. The van der Waals surface area contributed by atoms with Crippen LogP contribution in [0.15, 0.2) is 41.7 Å². The predicted molar refractivity (Wildman–Crippen MR) is 106 cm³/mol. The molecular weight excluding hydrogens is 420 g/mol. The normalized spacial score (nSPS) is 11.0. The molecule has 0 aliphatic rings. The summed E-state index contributed by atoms with van der Waals surface area (Å²) < 4.78 is 15.0. The molecule has 0 saturated heterocycles. The van der Waals surface area contributed by atoms with E-state index in [9.17, 15) is 4.39 Å². The van der Waals surface area contributed by atoms with Gasteiger partial charge in [0.15, 0.2) is 5.96 Å². The first-order valence-corrected chi connectivity index (χ1v) is 7.93. The predicted octanol–water partition coefficient (Wildman–Crippen LogP) is 2.75. The Morgan fingerprint density at radius 3 is 2.83 bits per heavy atom. The van der Waals surface area contributed by atoms with Crippen molar-refractivity contribution >= 4 is 29.9 Å². The highest BCUT2D eigenvalue weighted by molar-refractivity contribution is 14.0. The van der Waals surface area contributed by atoms with Gasteiger partial charge in [0.1, 0.15) is 5.82 Å². The molecule has 0 radical (unpaired) electrons. The zero-order valence-corrected chi connectivity index (χ0v) is 16.5. The number of aromatic nitrogens is 2. The quantitative estimate of drug-likeness (QED) is 0.392. The minimum atomic E-state index is -0.191. The third-order valence-corrected chi connectivity index (χ3v) is 3.49. The van der Waals surface area contributed by atoms with Crippen LogP contribution in [0.4, 0.5) is 4.39 Å². The van der Waals surface area contributed by atoms with E-state index in [-0.39, 0.29) is 29.8 Å². The molecule has 0 unspecified atom stereocenters. The third kappa shape index (κ3) is 6.86. The van der Waals surface area contributed by atoms with Crippen LogP contribution in [0.3, 0.4) is 0 Å². The highest BCUT2D eigenvalue weighted by Crippen LogP contribution is 2.10. The molecule has 24 heavy (non-hydrogen) atoms. The summed E-state index contributed by atoms with van der Waals surface area (Å²) >= 11 is 0. The van der Waals surface area contributed by atoms with E-state index in [1.165, 1.54) is 6.07 Å². The van der Waals surface area contributed by atoms with E-state index in [0.29, 0.717) is 6.54 Å². The number of benzene rings is 1. The summed E-state index contributed by atoms with van der Waals surface area (Å²) in [5.74, 6) is 0.600. The van der Waals surface area contributed by atoms with E-state index < -0.39 is 0 Å². The lowest BCUT2D eigenvalue weighted by Crippen LogP contribution is -2.39. The van der Waals surface area contributed by atoms with Gasteiger partial charge in [-0.15, -0.1) is 24.0 Å². The number of nitrogens with one attached hydrogen (secondary N) is 2. The van der Waals surface area contributed by atoms with Crippen molar-refractivity contribution in [2.45, 2.75) is 26.8 Å². The zero-order valence-electron chi connectivity index (χ0n) is 14.1. The van der Waals surface area contributed by atoms with Gasteiger partial charge in [0.2, 0.25) is 0 Å². The molecule has 2 N–H and O–H groups in total. The molecule has 0 aliphatic heterocycles. The Kier molecular flexibility index (Phi) is 9.36. The molecule has 1 aromatic carbocycles. The van der Waals surface area contributed by atoms with E-state index in [2.05, 4.69) is 20.7 Å². The van der Waals surface area contributed by atoms with Crippen molar-refractivity contribution in [3.8, 4) is 0 Å². The van der Waals surface area contributed by atoms with Gasteiger partial charge in [0.05, 0.1) is 6.54 Å². The molecule has 0 spiro atoms. The van der Waals surface area contributed by atoms with Gasteiger partial charge in [-0.05, 0) is 49.6 Å². The van der Waals surface area contributed by atoms with Crippen LogP contribution in [-0.4, -0.2) is 35.4 Å². The largest absolute Gasteiger partial charge is 0.357 e. The number of halogens is 2. The average molecular weight is 445 g/mol. The second kappa shape index (κ2) is 11.0. The Labute approximate surface area is 159 Å². The fourth-order valence-corrected chi connectivity index (χ4v) is 2.29. The van der Waals surface area contributed by atoms with Crippen LogP contribution in [0.1, 0.15) is 18.1 Å². The molecular formula is C17H25FIN5. The summed E-state index contributed by atoms with van der Waals surface area (Å²) in [5.41, 5.74) is 2.10. The number of nitrogens with zero attached hydrogens (tertiary/aromatic N) is 3. The Bertz CT molecular complexity index is 628. The number of hydrogen-bond acceptors (Lipinski definition) is 2. The van der Waals surface area contributed by atoms with Crippen LogP contribution < -0.4 is 10.6 Å². The van der Waals surface area contributed by atoms with E-state index in [1.807, 2.05) is 36.9 Å². The Morgan fingerprint density at radius 2 is 2.17 bits per heavy atom. The molecule has 0 bridgehead atoms. The smallest absolute Gasteiger partial charge is 0.191 e. The van der Waals surface area contributed by atoms with Gasteiger partial charge in [-0.2, -0.15) is 5.10 Å². The van der Waals surface area contributed by atoms with Crippen LogP contribution >= 0.6 is 24.0 Å². The van der Waals surface area contributed by atoms with Crippen LogP contribution in [0.2, 0.25) is 0 Å². The molecule has 0 fully saturated rings. The van der Waals surface area contributed by atoms with E-state index >= 15 is 0 Å². The van der Waals surface area contributed by atoms with Gasteiger partial charge in [-0.3, -0.25) is 9.67 Å². The lowest BCUT2D eigenvalue weighted by atomic mass is 10.1. The summed E-state index contributed by atoms with van der Waals surface area (Å²) in [6.07, 6.45) is 4.50. The maximum Gasteiger partial charge on any atom is 0.191 e. The van der Waals surface area contributed by atoms with Crippen LogP contribution in [-0.2, 0) is 13.0 Å². The third-order valence-electron chi connectivity index (χ3n) is 3.49. The molecule has 2 aromatic rings. The van der Waals surface area contributed by atoms with Gasteiger partial charge in [-0.1, -0.05) is 6.07 Å². The lowest BCUT2D eigenvalue weighted by molar-refractivity contribution is 0.598. The number of rotatable bonds is 7. The topological polar surface area (TPSA) is 54.2 Å². The summed E-state index contributed by atoms with van der Waals surface area (Å²) in [7, 11) is 0. The van der Waals surface area contributed by atoms with Crippen molar-refractivity contribution in [2.75, 3.05) is 19.6 Å².